The lowest BCUT2D eigenvalue weighted by Crippen LogP contribution is -2.33. The van der Waals surface area contributed by atoms with Gasteiger partial charge in [0.15, 0.2) is 0 Å². The molecule has 3 atom stereocenters. The van der Waals surface area contributed by atoms with Gasteiger partial charge in [0.2, 0.25) is 0 Å². The lowest BCUT2D eigenvalue weighted by atomic mass is 10.2. The minimum absolute atomic E-state index is 0.265. The molecule has 3 unspecified atom stereocenters. The van der Waals surface area contributed by atoms with Crippen LogP contribution in [-0.4, -0.2) is 31.5 Å². The Bertz CT molecular complexity index is 157. The van der Waals surface area contributed by atoms with E-state index < -0.39 is 0 Å². The molecule has 0 radical (unpaired) electrons. The Labute approximate surface area is 79.6 Å². The number of hydrogen-bond acceptors (Lipinski definition) is 3. The molecule has 3 heteroatoms. The second kappa shape index (κ2) is 4.40. The fourth-order valence-electron chi connectivity index (χ4n) is 2.17. The van der Waals surface area contributed by atoms with Crippen LogP contribution < -0.4 is 5.73 Å². The molecule has 2 aliphatic rings. The Hall–Kier alpha value is -0.120. The molecule has 1 saturated heterocycles. The highest BCUT2D eigenvalue weighted by atomic mass is 16.5. The van der Waals surface area contributed by atoms with E-state index in [9.17, 15) is 0 Å². The van der Waals surface area contributed by atoms with Crippen LogP contribution in [0.5, 0.6) is 0 Å². The van der Waals surface area contributed by atoms with E-state index in [1.165, 1.54) is 12.8 Å². The van der Waals surface area contributed by atoms with Gasteiger partial charge in [-0.15, -0.1) is 0 Å². The van der Waals surface area contributed by atoms with Crippen LogP contribution in [0.4, 0.5) is 0 Å². The molecular weight excluding hydrogens is 166 g/mol. The molecule has 1 aliphatic carbocycles. The summed E-state index contributed by atoms with van der Waals surface area (Å²) in [4.78, 5) is 0. The van der Waals surface area contributed by atoms with E-state index >= 15 is 0 Å². The highest BCUT2D eigenvalue weighted by molar-refractivity contribution is 4.81. The molecule has 0 spiro atoms. The molecule has 0 bridgehead atoms. The second-order valence-electron chi connectivity index (χ2n) is 4.10. The molecule has 0 aromatic heterocycles. The van der Waals surface area contributed by atoms with Crippen LogP contribution in [0.15, 0.2) is 0 Å². The lowest BCUT2D eigenvalue weighted by Gasteiger charge is -2.18. The molecule has 0 aromatic rings. The monoisotopic (exact) mass is 185 g/mol. The van der Waals surface area contributed by atoms with Crippen LogP contribution in [0.2, 0.25) is 0 Å². The van der Waals surface area contributed by atoms with Gasteiger partial charge in [-0.25, -0.2) is 0 Å². The van der Waals surface area contributed by atoms with E-state index in [-0.39, 0.29) is 6.04 Å². The van der Waals surface area contributed by atoms with Crippen LogP contribution in [0.3, 0.4) is 0 Å². The van der Waals surface area contributed by atoms with Gasteiger partial charge in [-0.05, 0) is 32.1 Å². The zero-order valence-corrected chi connectivity index (χ0v) is 8.08. The maximum Gasteiger partial charge on any atom is 0.0809 e. The summed E-state index contributed by atoms with van der Waals surface area (Å²) in [6.45, 7) is 1.66. The van der Waals surface area contributed by atoms with E-state index in [1.54, 1.807) is 0 Å². The average molecular weight is 185 g/mol. The SMILES string of the molecule is NC1CCCC1OCC1CCCO1. The highest BCUT2D eigenvalue weighted by Crippen LogP contribution is 2.21. The van der Waals surface area contributed by atoms with E-state index in [0.717, 1.165) is 32.5 Å². The standard InChI is InChI=1S/C10H19NO2/c11-9-4-1-5-10(9)13-7-8-3-2-6-12-8/h8-10H,1-7,11H2. The van der Waals surface area contributed by atoms with E-state index in [1.807, 2.05) is 0 Å². The predicted molar refractivity (Wildman–Crippen MR) is 50.5 cm³/mol. The van der Waals surface area contributed by atoms with E-state index in [4.69, 9.17) is 15.2 Å². The minimum atomic E-state index is 0.265. The van der Waals surface area contributed by atoms with Crippen LogP contribution in [-0.2, 0) is 9.47 Å². The molecule has 3 nitrogen and oxygen atoms in total. The molecule has 2 N–H and O–H groups in total. The van der Waals surface area contributed by atoms with Crippen molar-refractivity contribution in [3.05, 3.63) is 0 Å². The van der Waals surface area contributed by atoms with Crippen molar-refractivity contribution in [3.8, 4) is 0 Å². The Morgan fingerprint density at radius 2 is 2.15 bits per heavy atom. The zero-order chi connectivity index (χ0) is 9.10. The fraction of sp³-hybridized carbons (Fsp3) is 1.00. The predicted octanol–water partition coefficient (Wildman–Crippen LogP) is 1.06. The lowest BCUT2D eigenvalue weighted by molar-refractivity contribution is -0.0225. The van der Waals surface area contributed by atoms with Gasteiger partial charge in [0.1, 0.15) is 0 Å². The summed E-state index contributed by atoms with van der Waals surface area (Å²) in [5.41, 5.74) is 5.90. The van der Waals surface area contributed by atoms with Gasteiger partial charge >= 0.3 is 0 Å². The first-order valence-electron chi connectivity index (χ1n) is 5.35. The first-order chi connectivity index (χ1) is 6.36. The smallest absolute Gasteiger partial charge is 0.0809 e. The summed E-state index contributed by atoms with van der Waals surface area (Å²) >= 11 is 0. The first kappa shape index (κ1) is 9.44. The third kappa shape index (κ3) is 2.42. The van der Waals surface area contributed by atoms with E-state index in [2.05, 4.69) is 0 Å². The molecule has 0 amide bonds. The number of nitrogens with two attached hydrogens (primary N) is 1. The molecule has 0 aromatic carbocycles. The number of hydrogen-bond donors (Lipinski definition) is 1. The zero-order valence-electron chi connectivity index (χ0n) is 8.08. The molecule has 1 heterocycles. The van der Waals surface area contributed by atoms with E-state index in [0.29, 0.717) is 12.2 Å². The Morgan fingerprint density at radius 3 is 2.77 bits per heavy atom. The number of rotatable bonds is 3. The van der Waals surface area contributed by atoms with Gasteiger partial charge in [0.25, 0.3) is 0 Å². The van der Waals surface area contributed by atoms with Crippen molar-refractivity contribution in [2.45, 2.75) is 50.4 Å². The molecule has 1 aliphatic heterocycles. The van der Waals surface area contributed by atoms with Gasteiger partial charge in [-0.3, -0.25) is 0 Å². The van der Waals surface area contributed by atoms with Crippen molar-refractivity contribution in [3.63, 3.8) is 0 Å². The highest BCUT2D eigenvalue weighted by Gasteiger charge is 2.26. The summed E-state index contributed by atoms with van der Waals surface area (Å²) in [5, 5.41) is 0. The average Bonchev–Trinajstić information content (AvgIpc) is 2.72. The first-order valence-corrected chi connectivity index (χ1v) is 5.35. The van der Waals surface area contributed by atoms with Gasteiger partial charge in [-0.1, -0.05) is 0 Å². The van der Waals surface area contributed by atoms with Crippen molar-refractivity contribution in [1.82, 2.24) is 0 Å². The van der Waals surface area contributed by atoms with Crippen LogP contribution >= 0.6 is 0 Å². The topological polar surface area (TPSA) is 44.5 Å². The van der Waals surface area contributed by atoms with Gasteiger partial charge in [0.05, 0.1) is 18.8 Å². The summed E-state index contributed by atoms with van der Waals surface area (Å²) in [7, 11) is 0. The summed E-state index contributed by atoms with van der Waals surface area (Å²) in [6, 6.07) is 0.265. The maximum atomic E-state index is 5.90. The third-order valence-corrected chi connectivity index (χ3v) is 3.02. The fourth-order valence-corrected chi connectivity index (χ4v) is 2.17. The Morgan fingerprint density at radius 1 is 1.23 bits per heavy atom. The van der Waals surface area contributed by atoms with Crippen molar-refractivity contribution < 1.29 is 9.47 Å². The number of ether oxygens (including phenoxy) is 2. The summed E-state index contributed by atoms with van der Waals surface area (Å²) in [6.07, 6.45) is 6.45. The van der Waals surface area contributed by atoms with Crippen molar-refractivity contribution in [2.24, 2.45) is 5.73 Å². The molecule has 13 heavy (non-hydrogen) atoms. The van der Waals surface area contributed by atoms with Crippen LogP contribution in [0.1, 0.15) is 32.1 Å². The molecular formula is C10H19NO2. The maximum absolute atomic E-state index is 5.90. The summed E-state index contributed by atoms with van der Waals surface area (Å²) < 4.78 is 11.2. The van der Waals surface area contributed by atoms with Crippen LogP contribution in [0, 0.1) is 0 Å². The van der Waals surface area contributed by atoms with Gasteiger partial charge in [-0.2, -0.15) is 0 Å². The summed E-state index contributed by atoms with van der Waals surface area (Å²) in [5.74, 6) is 0. The van der Waals surface area contributed by atoms with Crippen molar-refractivity contribution in [1.29, 1.82) is 0 Å². The van der Waals surface area contributed by atoms with Crippen LogP contribution in [0.25, 0.3) is 0 Å². The quantitative estimate of drug-likeness (QED) is 0.715. The van der Waals surface area contributed by atoms with Gasteiger partial charge in [0, 0.05) is 12.6 Å². The normalized spacial score (nSPS) is 39.9. The second-order valence-corrected chi connectivity index (χ2v) is 4.10. The Kier molecular flexibility index (Phi) is 3.19. The molecule has 2 fully saturated rings. The van der Waals surface area contributed by atoms with Crippen molar-refractivity contribution in [2.75, 3.05) is 13.2 Å². The molecule has 76 valence electrons. The Balaban J connectivity index is 1.66. The third-order valence-electron chi connectivity index (χ3n) is 3.02. The van der Waals surface area contributed by atoms with Crippen molar-refractivity contribution >= 4 is 0 Å². The van der Waals surface area contributed by atoms with Gasteiger partial charge < -0.3 is 15.2 Å². The minimum Gasteiger partial charge on any atom is -0.376 e. The largest absolute Gasteiger partial charge is 0.376 e. The molecule has 1 saturated carbocycles. The molecule has 2 rings (SSSR count).